The summed E-state index contributed by atoms with van der Waals surface area (Å²) in [4.78, 5) is 14.2. The number of nitrogens with two attached hydrogens (primary N) is 1. The average Bonchev–Trinajstić information content (AvgIpc) is 2.85. The third-order valence-corrected chi connectivity index (χ3v) is 7.46. The normalized spacial score (nSPS) is 23.8. The van der Waals surface area contributed by atoms with Gasteiger partial charge in [0.2, 0.25) is 0 Å². The molecule has 0 saturated heterocycles. The van der Waals surface area contributed by atoms with Gasteiger partial charge in [0.25, 0.3) is 0 Å². The lowest BCUT2D eigenvalue weighted by Gasteiger charge is -2.47. The monoisotopic (exact) mass is 492 g/mol. The largest absolute Gasteiger partial charge is 0.415 e. The second kappa shape index (κ2) is 14.1. The van der Waals surface area contributed by atoms with Crippen LogP contribution in [0.3, 0.4) is 0 Å². The Bertz CT molecular complexity index is 791. The molecule has 1 unspecified atom stereocenters. The fraction of sp³-hybridized carbons (Fsp3) is 0.741. The van der Waals surface area contributed by atoms with Gasteiger partial charge in [-0.05, 0) is 48.4 Å². The number of likely N-dealkylation sites (N-methyl/N-ethyl adjacent to an activating group) is 1. The molecule has 2 aliphatic rings. The Morgan fingerprint density at radius 2 is 1.71 bits per heavy atom. The molecular weight excluding hydrogens is 448 g/mol. The van der Waals surface area contributed by atoms with Gasteiger partial charge in [-0.3, -0.25) is 0 Å². The maximum Gasteiger partial charge on any atom is 0.415 e. The lowest BCUT2D eigenvalue weighted by Crippen LogP contribution is -2.52. The van der Waals surface area contributed by atoms with Crippen LogP contribution in [-0.4, -0.2) is 84.0 Å². The molecule has 35 heavy (non-hydrogen) atoms. The van der Waals surface area contributed by atoms with E-state index >= 15 is 0 Å². The summed E-state index contributed by atoms with van der Waals surface area (Å²) in [6.07, 6.45) is 6.64. The van der Waals surface area contributed by atoms with E-state index in [-0.39, 0.29) is 17.6 Å². The summed E-state index contributed by atoms with van der Waals surface area (Å²) in [5.41, 5.74) is 9.32. The first kappa shape index (κ1) is 27.9. The zero-order valence-electron chi connectivity index (χ0n) is 21.8. The molecule has 1 aromatic carbocycles. The van der Waals surface area contributed by atoms with Gasteiger partial charge in [0.05, 0.1) is 46.2 Å². The van der Waals surface area contributed by atoms with E-state index in [2.05, 4.69) is 13.0 Å². The van der Waals surface area contributed by atoms with Gasteiger partial charge in [0.15, 0.2) is 0 Å². The van der Waals surface area contributed by atoms with E-state index in [1.54, 1.807) is 14.2 Å². The van der Waals surface area contributed by atoms with Gasteiger partial charge in [0.1, 0.15) is 5.75 Å². The highest BCUT2D eigenvalue weighted by atomic mass is 16.6. The Morgan fingerprint density at radius 3 is 2.43 bits per heavy atom. The fourth-order valence-electron chi connectivity index (χ4n) is 5.25. The highest BCUT2D eigenvalue weighted by Gasteiger charge is 2.43. The van der Waals surface area contributed by atoms with Crippen LogP contribution in [0, 0.1) is 5.92 Å². The molecule has 0 aliphatic heterocycles. The predicted octanol–water partition coefficient (Wildman–Crippen LogP) is 3.53. The lowest BCUT2D eigenvalue weighted by atomic mass is 9.60. The standard InChI is InChI=1S/C27H44N2O6/c1-27-10-6-4-5-7-22(25(27)28)19-21-8-9-23(20-24(21)27)35-26(30)29(2)11-12-32-15-16-34-18-17-33-14-13-31-3/h8-9,20,22,25H,4-7,10-19,28H2,1-3H3/t22?,25-,27+/m0/s1. The third-order valence-electron chi connectivity index (χ3n) is 7.46. The zero-order valence-corrected chi connectivity index (χ0v) is 21.8. The smallest absolute Gasteiger partial charge is 0.410 e. The molecule has 0 aromatic heterocycles. The van der Waals surface area contributed by atoms with Crippen LogP contribution in [-0.2, 0) is 30.8 Å². The van der Waals surface area contributed by atoms with Crippen LogP contribution in [0.25, 0.3) is 0 Å². The Morgan fingerprint density at radius 1 is 1.03 bits per heavy atom. The van der Waals surface area contributed by atoms with Gasteiger partial charge < -0.3 is 34.3 Å². The summed E-state index contributed by atoms with van der Waals surface area (Å²) < 4.78 is 27.0. The van der Waals surface area contributed by atoms with Crippen molar-refractivity contribution in [2.75, 3.05) is 67.0 Å². The van der Waals surface area contributed by atoms with Crippen LogP contribution in [0.1, 0.15) is 50.2 Å². The quantitative estimate of drug-likeness (QED) is 0.421. The number of rotatable bonds is 13. The van der Waals surface area contributed by atoms with E-state index in [1.165, 1.54) is 41.7 Å². The highest BCUT2D eigenvalue weighted by molar-refractivity contribution is 5.70. The van der Waals surface area contributed by atoms with Gasteiger partial charge in [-0.2, -0.15) is 0 Å². The maximum absolute atomic E-state index is 12.6. The van der Waals surface area contributed by atoms with Crippen LogP contribution in [0.4, 0.5) is 4.79 Å². The number of benzene rings is 1. The summed E-state index contributed by atoms with van der Waals surface area (Å²) in [7, 11) is 3.36. The molecule has 8 heteroatoms. The molecule has 0 heterocycles. The van der Waals surface area contributed by atoms with E-state index in [9.17, 15) is 4.79 Å². The van der Waals surface area contributed by atoms with E-state index in [0.717, 1.165) is 12.8 Å². The van der Waals surface area contributed by atoms with Crippen molar-refractivity contribution in [1.29, 1.82) is 0 Å². The minimum atomic E-state index is -0.390. The second-order valence-corrected chi connectivity index (χ2v) is 9.95. The summed E-state index contributed by atoms with van der Waals surface area (Å²) >= 11 is 0. The third kappa shape index (κ3) is 7.89. The number of hydrogen-bond acceptors (Lipinski definition) is 7. The van der Waals surface area contributed by atoms with E-state index in [0.29, 0.717) is 64.5 Å². The Hall–Kier alpha value is -1.71. The second-order valence-electron chi connectivity index (χ2n) is 9.95. The number of ether oxygens (including phenoxy) is 5. The maximum atomic E-state index is 12.6. The summed E-state index contributed by atoms with van der Waals surface area (Å²) in [6, 6.07) is 6.24. The molecule has 1 fully saturated rings. The molecule has 2 bridgehead atoms. The number of carbonyl (C=O) groups excluding carboxylic acids is 1. The van der Waals surface area contributed by atoms with Gasteiger partial charge in [-0.1, -0.05) is 32.3 Å². The molecule has 198 valence electrons. The molecule has 2 N–H and O–H groups in total. The minimum absolute atomic E-state index is 0.0705. The average molecular weight is 493 g/mol. The summed E-state index contributed by atoms with van der Waals surface area (Å²) in [5, 5.41) is 0. The first-order valence-electron chi connectivity index (χ1n) is 13.0. The van der Waals surface area contributed by atoms with Crippen LogP contribution in [0.15, 0.2) is 18.2 Å². The van der Waals surface area contributed by atoms with E-state index < -0.39 is 0 Å². The Balaban J connectivity index is 1.40. The van der Waals surface area contributed by atoms with Crippen molar-refractivity contribution in [2.24, 2.45) is 11.7 Å². The van der Waals surface area contributed by atoms with Crippen molar-refractivity contribution in [2.45, 2.75) is 56.9 Å². The molecule has 2 aliphatic carbocycles. The van der Waals surface area contributed by atoms with Crippen LogP contribution in [0.2, 0.25) is 0 Å². The molecule has 0 radical (unpaired) electrons. The molecule has 3 rings (SSSR count). The van der Waals surface area contributed by atoms with Crippen LogP contribution in [0.5, 0.6) is 5.75 Å². The number of methoxy groups -OCH3 is 1. The number of amides is 1. The molecule has 0 spiro atoms. The van der Waals surface area contributed by atoms with Crippen LogP contribution >= 0.6 is 0 Å². The van der Waals surface area contributed by atoms with Crippen molar-refractivity contribution in [3.63, 3.8) is 0 Å². The summed E-state index contributed by atoms with van der Waals surface area (Å²) in [5.74, 6) is 1.11. The van der Waals surface area contributed by atoms with E-state index in [1.807, 2.05) is 12.1 Å². The van der Waals surface area contributed by atoms with Gasteiger partial charge in [-0.25, -0.2) is 4.79 Å². The van der Waals surface area contributed by atoms with Crippen molar-refractivity contribution >= 4 is 6.09 Å². The molecule has 1 amide bonds. The molecule has 3 atom stereocenters. The predicted molar refractivity (Wildman–Crippen MR) is 135 cm³/mol. The first-order valence-corrected chi connectivity index (χ1v) is 13.0. The lowest BCUT2D eigenvalue weighted by molar-refractivity contribution is 0.00209. The van der Waals surface area contributed by atoms with Crippen LogP contribution < -0.4 is 10.5 Å². The Labute approximate surface area is 210 Å². The molecular formula is C27H44N2O6. The van der Waals surface area contributed by atoms with Crippen molar-refractivity contribution in [3.05, 3.63) is 29.3 Å². The first-order chi connectivity index (χ1) is 17.0. The molecule has 1 aromatic rings. The number of nitrogens with zero attached hydrogens (tertiary/aromatic N) is 1. The summed E-state index contributed by atoms with van der Waals surface area (Å²) in [6.45, 7) is 6.30. The minimum Gasteiger partial charge on any atom is -0.410 e. The zero-order chi connectivity index (χ0) is 25.1. The SMILES string of the molecule is COCCOCCOCCOCCN(C)C(=O)Oc1ccc2c(c1)[C@@]1(C)CCCCCC(C2)[C@@H]1N. The van der Waals surface area contributed by atoms with Gasteiger partial charge in [0, 0.05) is 32.2 Å². The van der Waals surface area contributed by atoms with Crippen molar-refractivity contribution in [1.82, 2.24) is 4.90 Å². The van der Waals surface area contributed by atoms with Crippen molar-refractivity contribution < 1.29 is 28.5 Å². The molecule has 1 saturated carbocycles. The topological polar surface area (TPSA) is 92.5 Å². The molecule has 8 nitrogen and oxygen atoms in total. The number of fused-ring (bicyclic) bond motifs is 4. The van der Waals surface area contributed by atoms with Crippen molar-refractivity contribution in [3.8, 4) is 5.75 Å². The van der Waals surface area contributed by atoms with Gasteiger partial charge in [-0.15, -0.1) is 0 Å². The Kier molecular flexibility index (Phi) is 11.3. The van der Waals surface area contributed by atoms with E-state index in [4.69, 9.17) is 29.4 Å². The highest BCUT2D eigenvalue weighted by Crippen LogP contribution is 2.46. The van der Waals surface area contributed by atoms with Gasteiger partial charge >= 0.3 is 6.09 Å². The number of hydrogen-bond donors (Lipinski definition) is 1. The number of carbonyl (C=O) groups is 1. The fourth-order valence-corrected chi connectivity index (χ4v) is 5.25.